The van der Waals surface area contributed by atoms with Gasteiger partial charge in [0.2, 0.25) is 29.5 Å². The summed E-state index contributed by atoms with van der Waals surface area (Å²) < 4.78 is 100. The quantitative estimate of drug-likeness (QED) is 0.0148. The van der Waals surface area contributed by atoms with Crippen LogP contribution in [0, 0.1) is 28.9 Å². The molecule has 3 aromatic heterocycles. The Labute approximate surface area is 531 Å². The number of likely N-dealkylation sites (tertiary alicyclic amines) is 1. The first-order chi connectivity index (χ1) is 44.0. The molecule has 92 heavy (non-hydrogen) atoms. The normalized spacial score (nSPS) is 16.8. The van der Waals surface area contributed by atoms with E-state index >= 15 is 0 Å². The van der Waals surface area contributed by atoms with Crippen molar-refractivity contribution >= 4 is 95.6 Å². The SMILES string of the molecule is COc1ncc(-c2ccc3nccc(-c4ccc(COC(=O)OCCSSCC(NC(=O)CCC(=O)CCCNC(=O)c5cccc6c5CN(C(=O)C[C@@H]5C[C@@H](C(=O)N7CC(F)(F)C[C@H]7C#N)NC5=O)C6)C(=O)O)nc4)c3c2)cc1NS(=O)(=O)c1ccc(F)cc1F. The second kappa shape index (κ2) is 29.7. The number of hydrogen-bond donors (Lipinski definition) is 5. The Kier molecular flexibility index (Phi) is 21.6. The summed E-state index contributed by atoms with van der Waals surface area (Å²) >= 11 is 0. The van der Waals surface area contributed by atoms with Crippen LogP contribution in [0.2, 0.25) is 0 Å². The number of Topliss-reactive ketones (excluding diaryl/α,β-unsaturated/α-hetero) is 1. The van der Waals surface area contributed by atoms with Gasteiger partial charge in [0.1, 0.15) is 59.3 Å². The fraction of sp³-hybridized carbons (Fsp3) is 0.344. The van der Waals surface area contributed by atoms with Gasteiger partial charge in [-0.15, -0.1) is 0 Å². The van der Waals surface area contributed by atoms with Crippen molar-refractivity contribution in [3.8, 4) is 34.2 Å². The third kappa shape index (κ3) is 16.7. The number of alkyl halides is 2. The minimum Gasteiger partial charge on any atom is -0.480 e. The van der Waals surface area contributed by atoms with E-state index in [2.05, 4.69) is 35.6 Å². The van der Waals surface area contributed by atoms with Crippen LogP contribution in [0.15, 0.2) is 102 Å². The highest BCUT2D eigenvalue weighted by atomic mass is 33.1. The number of nitrogens with zero attached hydrogens (tertiary/aromatic N) is 6. The zero-order valence-electron chi connectivity index (χ0n) is 48.8. The molecule has 2 fully saturated rings. The molecule has 6 heterocycles. The van der Waals surface area contributed by atoms with Gasteiger partial charge >= 0.3 is 12.1 Å². The van der Waals surface area contributed by atoms with Gasteiger partial charge in [0.25, 0.3) is 21.9 Å². The standard InChI is InChI=1S/C61H58F4N10O14S3/c1-87-57-49(73-92(85,86)52-13-9-39(62)24-47(52)63)22-38(28-70-57)34-8-12-48-45(20-34)43(15-17-67-48)35-7-10-40(69-27-35)31-89-60(84)88-18-19-90-91-32-51(59(82)83)71-53(77)14-11-42(76)5-3-16-68-56(80)44-6-2-4-36-29-74(30-46(36)44)54(78)23-37-21-50(72-55(37)79)58(81)75-33-61(64,65)25-41(75)26-66/h2,4,6-10,12-13,15,17,20,22,24,27-28,37,41,50-51,73H,3,5,11,14,16,18-19,21,23,25,29-33H2,1H3,(H,68,80)(H,71,77)(H,72,79)(H,82,83)/t37-,41-,50-,51?/m0/s1. The highest BCUT2D eigenvalue weighted by Gasteiger charge is 2.50. The third-order valence-electron chi connectivity index (χ3n) is 15.1. The number of sulfonamides is 1. The number of pyridine rings is 3. The number of carbonyl (C=O) groups excluding carboxylic acids is 7. The number of anilines is 1. The van der Waals surface area contributed by atoms with Crippen LogP contribution in [0.1, 0.15) is 72.1 Å². The van der Waals surface area contributed by atoms with E-state index in [1.54, 1.807) is 67.0 Å². The van der Waals surface area contributed by atoms with Crippen LogP contribution in [0.4, 0.5) is 28.0 Å². The van der Waals surface area contributed by atoms with E-state index in [4.69, 9.17) is 14.2 Å². The predicted octanol–water partition coefficient (Wildman–Crippen LogP) is 7.11. The number of methoxy groups -OCH3 is 1. The topological polar surface area (TPSA) is 336 Å². The van der Waals surface area contributed by atoms with Crippen molar-refractivity contribution in [1.29, 1.82) is 5.26 Å². The highest BCUT2D eigenvalue weighted by molar-refractivity contribution is 8.76. The van der Waals surface area contributed by atoms with Gasteiger partial charge in [-0.05, 0) is 83.6 Å². The minimum atomic E-state index is -4.54. The molecule has 2 saturated heterocycles. The van der Waals surface area contributed by atoms with Crippen molar-refractivity contribution in [1.82, 2.24) is 40.7 Å². The lowest BCUT2D eigenvalue weighted by Gasteiger charge is -2.22. The van der Waals surface area contributed by atoms with Gasteiger partial charge < -0.3 is 45.1 Å². The summed E-state index contributed by atoms with van der Waals surface area (Å²) in [6.45, 7) is -0.944. The van der Waals surface area contributed by atoms with E-state index < -0.39 is 111 Å². The lowest BCUT2D eigenvalue weighted by Crippen LogP contribution is -2.46. The van der Waals surface area contributed by atoms with Gasteiger partial charge in [-0.25, -0.2) is 40.6 Å². The van der Waals surface area contributed by atoms with E-state index in [0.29, 0.717) is 56.0 Å². The largest absolute Gasteiger partial charge is 0.508 e. The number of carboxylic acid groups (broad SMARTS) is 1. The molecule has 31 heteroatoms. The molecular formula is C61H58F4N10O14S3. The van der Waals surface area contributed by atoms with E-state index in [-0.39, 0.29) is 100 Å². The Morgan fingerprint density at radius 3 is 2.46 bits per heavy atom. The lowest BCUT2D eigenvalue weighted by molar-refractivity contribution is -0.141. The molecule has 3 aliphatic rings. The number of nitrogens with one attached hydrogen (secondary N) is 4. The smallest absolute Gasteiger partial charge is 0.480 e. The van der Waals surface area contributed by atoms with E-state index in [1.807, 2.05) is 6.07 Å². The molecule has 24 nitrogen and oxygen atoms in total. The van der Waals surface area contributed by atoms with Crippen molar-refractivity contribution in [3.05, 3.63) is 131 Å². The molecular weight excluding hydrogens is 1270 g/mol. The van der Waals surface area contributed by atoms with Crippen molar-refractivity contribution in [2.75, 3.05) is 43.0 Å². The number of rotatable bonds is 27. The first kappa shape index (κ1) is 67.0. The Hall–Kier alpha value is -9.41. The summed E-state index contributed by atoms with van der Waals surface area (Å²) in [7, 11) is -0.955. The summed E-state index contributed by atoms with van der Waals surface area (Å²) in [5.41, 5.74) is 4.99. The molecule has 0 saturated carbocycles. The van der Waals surface area contributed by atoms with Gasteiger partial charge in [0.05, 0.1) is 30.9 Å². The number of ketones is 1. The van der Waals surface area contributed by atoms with E-state index in [0.717, 1.165) is 33.4 Å². The molecule has 5 amide bonds. The van der Waals surface area contributed by atoms with Gasteiger partial charge in [-0.2, -0.15) is 5.26 Å². The number of carboxylic acids is 1. The molecule has 9 rings (SSSR count). The lowest BCUT2D eigenvalue weighted by atomic mass is 9.98. The number of nitriles is 1. The zero-order valence-corrected chi connectivity index (χ0v) is 51.3. The molecule has 4 atom stereocenters. The average Bonchev–Trinajstić information content (AvgIpc) is 1.15. The molecule has 3 aromatic carbocycles. The average molecular weight is 1330 g/mol. The van der Waals surface area contributed by atoms with E-state index in [9.17, 15) is 74.7 Å². The van der Waals surface area contributed by atoms with Crippen LogP contribution in [0.3, 0.4) is 0 Å². The summed E-state index contributed by atoms with van der Waals surface area (Å²) in [5.74, 6) is -10.8. The number of halogens is 4. The van der Waals surface area contributed by atoms with Gasteiger partial charge in [0, 0.05) is 116 Å². The molecule has 5 N–H and O–H groups in total. The molecule has 0 aliphatic carbocycles. The van der Waals surface area contributed by atoms with Crippen LogP contribution < -0.4 is 25.4 Å². The highest BCUT2D eigenvalue weighted by Crippen LogP contribution is 2.37. The second-order valence-corrected chi connectivity index (χ2v) is 25.8. The minimum absolute atomic E-state index is 0.0149. The molecule has 3 aliphatic heterocycles. The van der Waals surface area contributed by atoms with Crippen molar-refractivity contribution < 1.29 is 83.7 Å². The summed E-state index contributed by atoms with van der Waals surface area (Å²) in [6, 6.07) is 17.0. The van der Waals surface area contributed by atoms with Crippen LogP contribution in [-0.4, -0.2) is 148 Å². The molecule has 482 valence electrons. The maximum Gasteiger partial charge on any atom is 0.508 e. The second-order valence-electron chi connectivity index (χ2n) is 21.5. The van der Waals surface area contributed by atoms with Gasteiger partial charge in [0.15, 0.2) is 0 Å². The molecule has 0 bridgehead atoms. The van der Waals surface area contributed by atoms with Crippen LogP contribution in [-0.2, 0) is 68.0 Å². The Balaban J connectivity index is 0.642. The maximum atomic E-state index is 14.5. The fourth-order valence-electron chi connectivity index (χ4n) is 10.5. The van der Waals surface area contributed by atoms with Crippen molar-refractivity contribution in [2.24, 2.45) is 5.92 Å². The maximum absolute atomic E-state index is 14.5. The summed E-state index contributed by atoms with van der Waals surface area (Å²) in [5, 5.41) is 27.4. The number of hydrogen-bond acceptors (Lipinski definition) is 19. The number of aliphatic carboxylic acids is 1. The molecule has 6 aromatic rings. The Morgan fingerprint density at radius 1 is 0.913 bits per heavy atom. The predicted molar refractivity (Wildman–Crippen MR) is 324 cm³/mol. The Morgan fingerprint density at radius 2 is 1.71 bits per heavy atom. The molecule has 1 unspecified atom stereocenters. The first-order valence-electron chi connectivity index (χ1n) is 28.5. The summed E-state index contributed by atoms with van der Waals surface area (Å²) in [6.07, 6.45) is 2.30. The number of amides is 5. The van der Waals surface area contributed by atoms with Gasteiger partial charge in [-0.1, -0.05) is 45.9 Å². The first-order valence-corrected chi connectivity index (χ1v) is 32.5. The monoisotopic (exact) mass is 1330 g/mol. The van der Waals surface area contributed by atoms with Crippen molar-refractivity contribution in [2.45, 2.75) is 93.6 Å². The zero-order chi connectivity index (χ0) is 65.9. The number of benzene rings is 3. The van der Waals surface area contributed by atoms with Crippen LogP contribution in [0.25, 0.3) is 33.2 Å². The van der Waals surface area contributed by atoms with Crippen LogP contribution in [0.5, 0.6) is 5.88 Å². The Bertz CT molecular complexity index is 4020. The summed E-state index contributed by atoms with van der Waals surface area (Å²) in [4.78, 5) is 117. The third-order valence-corrected chi connectivity index (χ3v) is 18.9. The number of ether oxygens (including phenoxy) is 3. The fourth-order valence-corrected chi connectivity index (χ4v) is 13.6. The molecule has 0 spiro atoms. The van der Waals surface area contributed by atoms with Crippen LogP contribution >= 0.6 is 21.6 Å². The van der Waals surface area contributed by atoms with Crippen molar-refractivity contribution in [3.63, 3.8) is 0 Å². The number of carbonyl (C=O) groups is 8. The van der Waals surface area contributed by atoms with Gasteiger partial charge in [-0.3, -0.25) is 43.5 Å². The van der Waals surface area contributed by atoms with E-state index in [1.165, 1.54) is 35.1 Å². The molecule has 0 radical (unpaired) electrons. The number of aromatic nitrogens is 3. The number of fused-ring (bicyclic) bond motifs is 2.